The Hall–Kier alpha value is -3.52. The molecule has 0 atom stereocenters. The molecule has 3 aromatic heterocycles. The normalized spacial score (nSPS) is 11.4. The molecule has 0 amide bonds. The third-order valence-corrected chi connectivity index (χ3v) is 6.33. The Morgan fingerprint density at radius 1 is 1.15 bits per heavy atom. The van der Waals surface area contributed by atoms with Crippen LogP contribution in [-0.2, 0) is 26.4 Å². The Kier molecular flexibility index (Phi) is 6.79. The van der Waals surface area contributed by atoms with Gasteiger partial charge in [-0.3, -0.25) is 9.08 Å². The van der Waals surface area contributed by atoms with Crippen molar-refractivity contribution in [1.82, 2.24) is 34.6 Å². The van der Waals surface area contributed by atoms with Crippen molar-refractivity contribution in [2.75, 3.05) is 21.1 Å². The Labute approximate surface area is 199 Å². The molecule has 7 nitrogen and oxygen atoms in total. The molecule has 1 aromatic carbocycles. The number of aryl methyl sites for hydroxylation is 2. The SMILES string of the molecule is C=C(c1nn(C)c(C)c1CCCc1cc(F)ccc1-c1ccc2nnc(CNC)n2c1)N(C)C. The van der Waals surface area contributed by atoms with Crippen molar-refractivity contribution in [3.05, 3.63) is 77.3 Å². The van der Waals surface area contributed by atoms with Crippen LogP contribution < -0.4 is 5.32 Å². The lowest BCUT2D eigenvalue weighted by atomic mass is 9.95. The molecular weight excluding hydrogens is 429 g/mol. The van der Waals surface area contributed by atoms with Gasteiger partial charge in [-0.05, 0) is 74.2 Å². The van der Waals surface area contributed by atoms with Crippen molar-refractivity contribution in [3.8, 4) is 11.1 Å². The van der Waals surface area contributed by atoms with Crippen LogP contribution in [0.5, 0.6) is 0 Å². The summed E-state index contributed by atoms with van der Waals surface area (Å²) in [4.78, 5) is 1.99. The predicted octanol–water partition coefficient (Wildman–Crippen LogP) is 4.00. The predicted molar refractivity (Wildman–Crippen MR) is 134 cm³/mol. The number of pyridine rings is 1. The highest BCUT2D eigenvalue weighted by Gasteiger charge is 2.17. The van der Waals surface area contributed by atoms with E-state index in [0.717, 1.165) is 64.5 Å². The molecule has 0 saturated heterocycles. The first-order chi connectivity index (χ1) is 16.3. The van der Waals surface area contributed by atoms with Crippen molar-refractivity contribution in [2.45, 2.75) is 32.7 Å². The van der Waals surface area contributed by atoms with E-state index in [1.54, 1.807) is 6.07 Å². The number of rotatable bonds is 9. The molecule has 0 fully saturated rings. The van der Waals surface area contributed by atoms with Gasteiger partial charge < -0.3 is 10.2 Å². The zero-order valence-electron chi connectivity index (χ0n) is 20.6. The van der Waals surface area contributed by atoms with E-state index in [9.17, 15) is 4.39 Å². The number of halogens is 1. The highest BCUT2D eigenvalue weighted by Crippen LogP contribution is 2.28. The number of hydrogen-bond donors (Lipinski definition) is 1. The Balaban J connectivity index is 1.61. The lowest BCUT2D eigenvalue weighted by Gasteiger charge is -2.15. The van der Waals surface area contributed by atoms with Crippen LogP contribution in [0.1, 0.15) is 34.8 Å². The smallest absolute Gasteiger partial charge is 0.160 e. The molecule has 178 valence electrons. The summed E-state index contributed by atoms with van der Waals surface area (Å²) < 4.78 is 18.1. The summed E-state index contributed by atoms with van der Waals surface area (Å²) in [7, 11) is 7.79. The van der Waals surface area contributed by atoms with Crippen molar-refractivity contribution >= 4 is 11.3 Å². The average molecular weight is 462 g/mol. The van der Waals surface area contributed by atoms with Crippen LogP contribution in [-0.4, -0.2) is 50.4 Å². The standard InChI is InChI=1S/C26H32FN7/c1-17-22(26(31-33(17)6)18(2)32(4)5)9-7-8-19-14-21(27)11-12-23(19)20-10-13-24-29-30-25(15-28-3)34(24)16-20/h10-14,16,28H,2,7-9,15H2,1,3-6H3. The van der Waals surface area contributed by atoms with Gasteiger partial charge in [-0.15, -0.1) is 10.2 Å². The maximum Gasteiger partial charge on any atom is 0.160 e. The highest BCUT2D eigenvalue weighted by atomic mass is 19.1. The van der Waals surface area contributed by atoms with Gasteiger partial charge in [0, 0.05) is 38.6 Å². The number of benzene rings is 1. The molecule has 34 heavy (non-hydrogen) atoms. The topological polar surface area (TPSA) is 63.3 Å². The third-order valence-electron chi connectivity index (χ3n) is 6.33. The fourth-order valence-corrected chi connectivity index (χ4v) is 4.28. The maximum absolute atomic E-state index is 14.2. The molecule has 0 aliphatic carbocycles. The number of nitrogens with zero attached hydrogens (tertiary/aromatic N) is 6. The van der Waals surface area contributed by atoms with Crippen LogP contribution in [0.4, 0.5) is 4.39 Å². The van der Waals surface area contributed by atoms with Crippen LogP contribution in [0, 0.1) is 12.7 Å². The second-order valence-corrected chi connectivity index (χ2v) is 8.82. The molecule has 8 heteroatoms. The van der Waals surface area contributed by atoms with E-state index in [4.69, 9.17) is 0 Å². The lowest BCUT2D eigenvalue weighted by Crippen LogP contribution is -2.11. The van der Waals surface area contributed by atoms with Crippen molar-refractivity contribution in [2.24, 2.45) is 7.05 Å². The lowest BCUT2D eigenvalue weighted by molar-refractivity contribution is 0.586. The van der Waals surface area contributed by atoms with Gasteiger partial charge in [0.15, 0.2) is 11.5 Å². The summed E-state index contributed by atoms with van der Waals surface area (Å²) >= 11 is 0. The molecule has 0 bridgehead atoms. The molecule has 0 unspecified atom stereocenters. The van der Waals surface area contributed by atoms with Gasteiger partial charge in [0.2, 0.25) is 0 Å². The molecule has 0 spiro atoms. The van der Waals surface area contributed by atoms with E-state index in [1.807, 2.05) is 66.6 Å². The van der Waals surface area contributed by atoms with Crippen molar-refractivity contribution in [3.63, 3.8) is 0 Å². The van der Waals surface area contributed by atoms with E-state index >= 15 is 0 Å². The molecule has 0 aliphatic rings. The van der Waals surface area contributed by atoms with Gasteiger partial charge in [0.25, 0.3) is 0 Å². The van der Waals surface area contributed by atoms with Crippen LogP contribution in [0.2, 0.25) is 0 Å². The molecule has 4 rings (SSSR count). The summed E-state index contributed by atoms with van der Waals surface area (Å²) in [5.74, 6) is 0.614. The highest BCUT2D eigenvalue weighted by molar-refractivity contribution is 5.68. The second kappa shape index (κ2) is 9.77. The van der Waals surface area contributed by atoms with E-state index < -0.39 is 0 Å². The Bertz CT molecular complexity index is 1330. The quantitative estimate of drug-likeness (QED) is 0.408. The van der Waals surface area contributed by atoms with E-state index in [0.29, 0.717) is 6.54 Å². The fourth-order valence-electron chi connectivity index (χ4n) is 4.28. The Morgan fingerprint density at radius 2 is 1.94 bits per heavy atom. The number of hydrogen-bond acceptors (Lipinski definition) is 5. The van der Waals surface area contributed by atoms with Crippen LogP contribution in [0.25, 0.3) is 22.5 Å². The third kappa shape index (κ3) is 4.59. The summed E-state index contributed by atoms with van der Waals surface area (Å²) in [6, 6.07) is 9.01. The molecule has 3 heterocycles. The van der Waals surface area contributed by atoms with Gasteiger partial charge in [0.05, 0.1) is 12.2 Å². The van der Waals surface area contributed by atoms with E-state index in [-0.39, 0.29) is 5.82 Å². The van der Waals surface area contributed by atoms with Crippen LogP contribution >= 0.6 is 0 Å². The maximum atomic E-state index is 14.2. The minimum absolute atomic E-state index is 0.223. The van der Waals surface area contributed by atoms with E-state index in [2.05, 4.69) is 34.1 Å². The minimum Gasteiger partial charge on any atom is -0.376 e. The van der Waals surface area contributed by atoms with Gasteiger partial charge >= 0.3 is 0 Å². The number of nitrogens with one attached hydrogen (secondary N) is 1. The van der Waals surface area contributed by atoms with Crippen molar-refractivity contribution in [1.29, 1.82) is 0 Å². The first-order valence-electron chi connectivity index (χ1n) is 11.5. The van der Waals surface area contributed by atoms with Gasteiger partial charge in [-0.25, -0.2) is 4.39 Å². The monoisotopic (exact) mass is 461 g/mol. The Morgan fingerprint density at radius 3 is 2.68 bits per heavy atom. The molecular formula is C26H32FN7. The van der Waals surface area contributed by atoms with E-state index in [1.165, 1.54) is 11.6 Å². The molecule has 0 saturated carbocycles. The minimum atomic E-state index is -0.223. The first kappa shape index (κ1) is 23.6. The number of fused-ring (bicyclic) bond motifs is 1. The summed E-state index contributed by atoms with van der Waals surface area (Å²) in [5.41, 5.74) is 7.96. The van der Waals surface area contributed by atoms with Crippen LogP contribution in [0.15, 0.2) is 43.1 Å². The number of aromatic nitrogens is 5. The van der Waals surface area contributed by atoms with Gasteiger partial charge in [-0.2, -0.15) is 5.10 Å². The van der Waals surface area contributed by atoms with Crippen molar-refractivity contribution < 1.29 is 4.39 Å². The molecule has 4 aromatic rings. The van der Waals surface area contributed by atoms with Gasteiger partial charge in [0.1, 0.15) is 11.5 Å². The largest absolute Gasteiger partial charge is 0.376 e. The average Bonchev–Trinajstić information content (AvgIpc) is 3.34. The second-order valence-electron chi connectivity index (χ2n) is 8.82. The summed E-state index contributed by atoms with van der Waals surface area (Å²) in [6.07, 6.45) is 4.49. The molecule has 1 N–H and O–H groups in total. The summed E-state index contributed by atoms with van der Waals surface area (Å²) in [5, 5.41) is 16.3. The van der Waals surface area contributed by atoms with Crippen LogP contribution in [0.3, 0.4) is 0 Å². The van der Waals surface area contributed by atoms with Gasteiger partial charge in [-0.1, -0.05) is 12.6 Å². The zero-order valence-corrected chi connectivity index (χ0v) is 20.6. The molecule has 0 radical (unpaired) electrons. The fraction of sp³-hybridized carbons (Fsp3) is 0.346. The zero-order chi connectivity index (χ0) is 24.4. The first-order valence-corrected chi connectivity index (χ1v) is 11.5. The molecule has 0 aliphatic heterocycles. The summed E-state index contributed by atoms with van der Waals surface area (Å²) in [6.45, 7) is 6.90.